The highest BCUT2D eigenvalue weighted by Crippen LogP contribution is 2.19. The van der Waals surface area contributed by atoms with Gasteiger partial charge in [0.25, 0.3) is 0 Å². The van der Waals surface area contributed by atoms with E-state index in [1.807, 2.05) is 42.5 Å². The molecule has 1 aliphatic carbocycles. The molecule has 0 spiro atoms. The minimum Gasteiger partial charge on any atom is -0.497 e. The van der Waals surface area contributed by atoms with Gasteiger partial charge in [0.05, 0.1) is 19.3 Å². The number of methoxy groups -OCH3 is 1. The summed E-state index contributed by atoms with van der Waals surface area (Å²) in [4.78, 5) is 0. The smallest absolute Gasteiger partial charge is 0.118 e. The first-order valence-electron chi connectivity index (χ1n) is 6.14. The quantitative estimate of drug-likeness (QED) is 0.854. The fourth-order valence-corrected chi connectivity index (χ4v) is 2.03. The third-order valence-corrected chi connectivity index (χ3v) is 3.16. The summed E-state index contributed by atoms with van der Waals surface area (Å²) in [6.07, 6.45) is 7.12. The zero-order chi connectivity index (χ0) is 13.0. The lowest BCUT2D eigenvalue weighted by atomic mass is 10.0. The fraction of sp³-hybridized carbons (Fsp3) is 0.333. The molecular weight excluding hydrogens is 226 g/mol. The number of benzene rings is 1. The van der Waals surface area contributed by atoms with Gasteiger partial charge in [0, 0.05) is 6.04 Å². The van der Waals surface area contributed by atoms with E-state index in [0.29, 0.717) is 0 Å². The molecule has 18 heavy (non-hydrogen) atoms. The van der Waals surface area contributed by atoms with Crippen LogP contribution in [0.1, 0.15) is 18.5 Å². The van der Waals surface area contributed by atoms with E-state index in [2.05, 4.69) is 12.2 Å². The molecule has 3 atom stereocenters. The van der Waals surface area contributed by atoms with Crippen molar-refractivity contribution in [3.8, 4) is 5.75 Å². The Hall–Kier alpha value is -1.58. The molecule has 3 heteroatoms. The molecule has 0 bridgehead atoms. The molecule has 1 aromatic rings. The maximum atomic E-state index is 9.83. The van der Waals surface area contributed by atoms with E-state index in [4.69, 9.17) is 4.74 Å². The van der Waals surface area contributed by atoms with E-state index in [1.165, 1.54) is 5.56 Å². The van der Waals surface area contributed by atoms with Crippen LogP contribution in [0.5, 0.6) is 5.75 Å². The third kappa shape index (κ3) is 3.00. The summed E-state index contributed by atoms with van der Waals surface area (Å²) in [6, 6.07) is 8.09. The third-order valence-electron chi connectivity index (χ3n) is 3.16. The molecule has 0 radical (unpaired) electrons. The monoisotopic (exact) mass is 245 g/mol. The van der Waals surface area contributed by atoms with E-state index in [-0.39, 0.29) is 12.1 Å². The Kier molecular flexibility index (Phi) is 4.18. The van der Waals surface area contributed by atoms with Crippen molar-refractivity contribution in [3.63, 3.8) is 0 Å². The van der Waals surface area contributed by atoms with Gasteiger partial charge in [-0.3, -0.25) is 0 Å². The van der Waals surface area contributed by atoms with Crippen molar-refractivity contribution in [1.82, 2.24) is 5.32 Å². The summed E-state index contributed by atoms with van der Waals surface area (Å²) < 4.78 is 5.14. The first-order valence-corrected chi connectivity index (χ1v) is 6.14. The zero-order valence-corrected chi connectivity index (χ0v) is 10.7. The Morgan fingerprint density at radius 3 is 2.44 bits per heavy atom. The Bertz CT molecular complexity index is 436. The number of ether oxygens (including phenoxy) is 1. The summed E-state index contributed by atoms with van der Waals surface area (Å²) in [6.45, 7) is 2.08. The highest BCUT2D eigenvalue weighted by Gasteiger charge is 2.18. The molecule has 96 valence electrons. The van der Waals surface area contributed by atoms with Crippen molar-refractivity contribution >= 4 is 0 Å². The minimum atomic E-state index is -0.462. The normalized spacial score (nSPS) is 23.9. The van der Waals surface area contributed by atoms with Crippen LogP contribution in [-0.2, 0) is 0 Å². The summed E-state index contributed by atoms with van der Waals surface area (Å²) in [7, 11) is 1.66. The summed E-state index contributed by atoms with van der Waals surface area (Å²) >= 11 is 0. The van der Waals surface area contributed by atoms with Crippen molar-refractivity contribution in [2.24, 2.45) is 0 Å². The predicted molar refractivity (Wildman–Crippen MR) is 72.6 cm³/mol. The lowest BCUT2D eigenvalue weighted by Crippen LogP contribution is -2.39. The van der Waals surface area contributed by atoms with Gasteiger partial charge in [-0.2, -0.15) is 0 Å². The molecule has 2 rings (SSSR count). The molecule has 2 N–H and O–H groups in total. The average molecular weight is 245 g/mol. The molecule has 1 aliphatic rings. The van der Waals surface area contributed by atoms with Gasteiger partial charge in [-0.25, -0.2) is 0 Å². The predicted octanol–water partition coefficient (Wildman–Crippen LogP) is 2.20. The molecule has 3 nitrogen and oxygen atoms in total. The topological polar surface area (TPSA) is 41.5 Å². The summed E-state index contributed by atoms with van der Waals surface area (Å²) in [5.41, 5.74) is 1.17. The van der Waals surface area contributed by atoms with Crippen LogP contribution in [0.4, 0.5) is 0 Å². The van der Waals surface area contributed by atoms with Crippen molar-refractivity contribution < 1.29 is 9.84 Å². The number of aliphatic hydroxyl groups is 1. The molecular formula is C15H19NO2. The van der Waals surface area contributed by atoms with Crippen LogP contribution in [0.2, 0.25) is 0 Å². The van der Waals surface area contributed by atoms with Gasteiger partial charge in [-0.1, -0.05) is 36.4 Å². The van der Waals surface area contributed by atoms with E-state index in [9.17, 15) is 5.11 Å². The summed E-state index contributed by atoms with van der Waals surface area (Å²) in [5.74, 6) is 0.853. The first kappa shape index (κ1) is 12.9. The van der Waals surface area contributed by atoms with E-state index >= 15 is 0 Å². The average Bonchev–Trinajstić information content (AvgIpc) is 2.41. The van der Waals surface area contributed by atoms with Crippen molar-refractivity contribution in [3.05, 3.63) is 54.1 Å². The molecule has 0 aliphatic heterocycles. The Balaban J connectivity index is 2.00. The second-order valence-electron chi connectivity index (χ2n) is 4.45. The standard InChI is InChI=1S/C15H19NO2/c1-11(12-7-9-13(18-2)10-8-12)16-14-5-3-4-6-15(14)17/h3-11,14-17H,1-2H3/t11-,14+,15+/m1/s1. The zero-order valence-electron chi connectivity index (χ0n) is 10.7. The molecule has 0 amide bonds. The highest BCUT2D eigenvalue weighted by molar-refractivity contribution is 5.29. The van der Waals surface area contributed by atoms with Crippen LogP contribution < -0.4 is 10.1 Å². The van der Waals surface area contributed by atoms with E-state index in [1.54, 1.807) is 13.2 Å². The molecule has 0 fully saturated rings. The number of allylic oxidation sites excluding steroid dienone is 2. The largest absolute Gasteiger partial charge is 0.497 e. The van der Waals surface area contributed by atoms with Crippen molar-refractivity contribution in [1.29, 1.82) is 0 Å². The van der Waals surface area contributed by atoms with Gasteiger partial charge in [0.1, 0.15) is 5.75 Å². The van der Waals surface area contributed by atoms with Crippen molar-refractivity contribution in [2.45, 2.75) is 25.1 Å². The highest BCUT2D eigenvalue weighted by atomic mass is 16.5. The van der Waals surface area contributed by atoms with Crippen LogP contribution >= 0.6 is 0 Å². The minimum absolute atomic E-state index is 0.0351. The van der Waals surface area contributed by atoms with Gasteiger partial charge in [-0.05, 0) is 24.6 Å². The van der Waals surface area contributed by atoms with Crippen LogP contribution in [0.3, 0.4) is 0 Å². The van der Waals surface area contributed by atoms with Gasteiger partial charge >= 0.3 is 0 Å². The van der Waals surface area contributed by atoms with Gasteiger partial charge in [0.15, 0.2) is 0 Å². The van der Waals surface area contributed by atoms with Gasteiger partial charge in [-0.15, -0.1) is 0 Å². The Morgan fingerprint density at radius 2 is 1.83 bits per heavy atom. The molecule has 0 saturated carbocycles. The fourth-order valence-electron chi connectivity index (χ4n) is 2.03. The van der Waals surface area contributed by atoms with Crippen LogP contribution in [0, 0.1) is 0 Å². The number of hydrogen-bond donors (Lipinski definition) is 2. The molecule has 0 heterocycles. The first-order chi connectivity index (χ1) is 8.70. The van der Waals surface area contributed by atoms with Crippen LogP contribution in [-0.4, -0.2) is 24.4 Å². The maximum absolute atomic E-state index is 9.83. The SMILES string of the molecule is COc1ccc([C@@H](C)N[C@H]2C=CC=C[C@@H]2O)cc1. The lowest BCUT2D eigenvalue weighted by molar-refractivity contribution is 0.184. The van der Waals surface area contributed by atoms with Crippen LogP contribution in [0.15, 0.2) is 48.6 Å². The Labute approximate surface area is 108 Å². The number of rotatable bonds is 4. The van der Waals surface area contributed by atoms with Gasteiger partial charge in [0.2, 0.25) is 0 Å². The second-order valence-corrected chi connectivity index (χ2v) is 4.45. The maximum Gasteiger partial charge on any atom is 0.118 e. The van der Waals surface area contributed by atoms with Gasteiger partial charge < -0.3 is 15.2 Å². The van der Waals surface area contributed by atoms with E-state index < -0.39 is 6.10 Å². The lowest BCUT2D eigenvalue weighted by Gasteiger charge is -2.25. The second kappa shape index (κ2) is 5.85. The Morgan fingerprint density at radius 1 is 1.17 bits per heavy atom. The number of hydrogen-bond acceptors (Lipinski definition) is 3. The van der Waals surface area contributed by atoms with E-state index in [0.717, 1.165) is 5.75 Å². The molecule has 0 saturated heterocycles. The van der Waals surface area contributed by atoms with Crippen LogP contribution in [0.25, 0.3) is 0 Å². The molecule has 0 aromatic heterocycles. The number of aliphatic hydroxyl groups excluding tert-OH is 1. The number of nitrogens with one attached hydrogen (secondary N) is 1. The molecule has 1 aromatic carbocycles. The van der Waals surface area contributed by atoms with Crippen molar-refractivity contribution in [2.75, 3.05) is 7.11 Å². The molecule has 0 unspecified atom stereocenters. The summed E-state index contributed by atoms with van der Waals surface area (Å²) in [5, 5.41) is 13.2.